The van der Waals surface area contributed by atoms with Crippen molar-refractivity contribution in [3.63, 3.8) is 0 Å². The minimum Gasteiger partial charge on any atom is -0.370 e. The number of aliphatic imine (C=N–C) groups is 1. The Morgan fingerprint density at radius 3 is 2.93 bits per heavy atom. The maximum atomic E-state index is 5.90. The first-order valence-corrected chi connectivity index (χ1v) is 6.29. The molecule has 1 fully saturated rings. The fraction of sp³-hybridized carbons (Fsp3) is 0.917. The summed E-state index contributed by atoms with van der Waals surface area (Å²) < 4.78 is 0. The monoisotopic (exact) mass is 209 g/mol. The molecule has 2 aliphatic rings. The third kappa shape index (κ3) is 2.11. The lowest BCUT2D eigenvalue weighted by atomic mass is 9.78. The molecule has 1 aliphatic carbocycles. The number of likely N-dealkylation sites (N-methyl/N-ethyl adjacent to an activating group) is 1. The molecule has 15 heavy (non-hydrogen) atoms. The van der Waals surface area contributed by atoms with Crippen molar-refractivity contribution in [2.75, 3.05) is 13.1 Å². The van der Waals surface area contributed by atoms with Crippen molar-refractivity contribution in [1.29, 1.82) is 0 Å². The van der Waals surface area contributed by atoms with Crippen LogP contribution in [-0.4, -0.2) is 30.0 Å². The molecule has 0 aromatic rings. The van der Waals surface area contributed by atoms with E-state index in [1.807, 2.05) is 0 Å². The van der Waals surface area contributed by atoms with Gasteiger partial charge < -0.3 is 10.6 Å². The summed E-state index contributed by atoms with van der Waals surface area (Å²) in [7, 11) is 0. The van der Waals surface area contributed by atoms with Gasteiger partial charge in [0.15, 0.2) is 5.96 Å². The van der Waals surface area contributed by atoms with Crippen molar-refractivity contribution in [3.8, 4) is 0 Å². The second-order valence-electron chi connectivity index (χ2n) is 5.08. The standard InChI is InChI=1S/C12H23N3/c1-3-15-11(8-14-12(15)13)10-6-4-5-9(2)7-10/h9-11H,3-8H2,1-2H3,(H2,13,14). The lowest BCUT2D eigenvalue weighted by Gasteiger charge is -2.36. The van der Waals surface area contributed by atoms with E-state index in [2.05, 4.69) is 23.7 Å². The quantitative estimate of drug-likeness (QED) is 0.754. The van der Waals surface area contributed by atoms with Gasteiger partial charge in [0.05, 0.1) is 12.6 Å². The van der Waals surface area contributed by atoms with Gasteiger partial charge in [-0.2, -0.15) is 0 Å². The second kappa shape index (κ2) is 4.42. The molecule has 3 heteroatoms. The number of hydrogen-bond acceptors (Lipinski definition) is 3. The summed E-state index contributed by atoms with van der Waals surface area (Å²) >= 11 is 0. The molecule has 0 amide bonds. The van der Waals surface area contributed by atoms with E-state index in [-0.39, 0.29) is 0 Å². The Kier molecular flexibility index (Phi) is 3.17. The van der Waals surface area contributed by atoms with Crippen molar-refractivity contribution in [2.45, 2.75) is 45.6 Å². The lowest BCUT2D eigenvalue weighted by Crippen LogP contribution is -2.45. The van der Waals surface area contributed by atoms with E-state index in [9.17, 15) is 0 Å². The van der Waals surface area contributed by atoms with E-state index in [1.165, 1.54) is 25.7 Å². The minimum atomic E-state index is 0.595. The average Bonchev–Trinajstić information content (AvgIpc) is 2.59. The highest BCUT2D eigenvalue weighted by molar-refractivity contribution is 5.80. The first-order valence-electron chi connectivity index (χ1n) is 6.29. The Bertz CT molecular complexity index is 249. The van der Waals surface area contributed by atoms with Gasteiger partial charge in [-0.05, 0) is 31.6 Å². The van der Waals surface area contributed by atoms with Gasteiger partial charge in [0.2, 0.25) is 0 Å². The first kappa shape index (κ1) is 10.8. The smallest absolute Gasteiger partial charge is 0.191 e. The second-order valence-corrected chi connectivity index (χ2v) is 5.08. The molecule has 2 rings (SSSR count). The average molecular weight is 209 g/mol. The van der Waals surface area contributed by atoms with Gasteiger partial charge in [0, 0.05) is 6.54 Å². The van der Waals surface area contributed by atoms with Gasteiger partial charge in [-0.15, -0.1) is 0 Å². The van der Waals surface area contributed by atoms with Crippen LogP contribution in [0.1, 0.15) is 39.5 Å². The first-order chi connectivity index (χ1) is 7.22. The zero-order valence-corrected chi connectivity index (χ0v) is 9.95. The molecule has 3 atom stereocenters. The third-order valence-electron chi connectivity index (χ3n) is 4.00. The number of rotatable bonds is 2. The van der Waals surface area contributed by atoms with Crippen molar-refractivity contribution < 1.29 is 0 Å². The lowest BCUT2D eigenvalue weighted by molar-refractivity contribution is 0.177. The van der Waals surface area contributed by atoms with Gasteiger partial charge in [0.25, 0.3) is 0 Å². The Morgan fingerprint density at radius 2 is 2.27 bits per heavy atom. The van der Waals surface area contributed by atoms with Gasteiger partial charge in [-0.25, -0.2) is 0 Å². The molecule has 0 spiro atoms. The summed E-state index contributed by atoms with van der Waals surface area (Å²) in [5.41, 5.74) is 5.90. The van der Waals surface area contributed by atoms with Crippen LogP contribution < -0.4 is 5.73 Å². The predicted molar refractivity (Wildman–Crippen MR) is 63.8 cm³/mol. The highest BCUT2D eigenvalue weighted by atomic mass is 15.3. The van der Waals surface area contributed by atoms with Crippen LogP contribution in [0.2, 0.25) is 0 Å². The van der Waals surface area contributed by atoms with Gasteiger partial charge in [0.1, 0.15) is 0 Å². The molecule has 0 bridgehead atoms. The number of guanidine groups is 1. The van der Waals surface area contributed by atoms with E-state index in [0.717, 1.165) is 30.9 Å². The highest BCUT2D eigenvalue weighted by Gasteiger charge is 2.33. The molecule has 86 valence electrons. The van der Waals surface area contributed by atoms with Crippen LogP contribution in [-0.2, 0) is 0 Å². The number of nitrogens with two attached hydrogens (primary N) is 1. The zero-order chi connectivity index (χ0) is 10.8. The molecule has 3 unspecified atom stereocenters. The summed E-state index contributed by atoms with van der Waals surface area (Å²) in [6.07, 6.45) is 5.53. The van der Waals surface area contributed by atoms with Crippen molar-refractivity contribution in [1.82, 2.24) is 4.90 Å². The predicted octanol–water partition coefficient (Wildman–Crippen LogP) is 1.83. The van der Waals surface area contributed by atoms with Crippen LogP contribution in [0.4, 0.5) is 0 Å². The SMILES string of the molecule is CCN1C(N)=NCC1C1CCCC(C)C1. The minimum absolute atomic E-state index is 0.595. The number of hydrogen-bond donors (Lipinski definition) is 1. The molecule has 3 nitrogen and oxygen atoms in total. The summed E-state index contributed by atoms with van der Waals surface area (Å²) in [5.74, 6) is 2.48. The number of nitrogens with zero attached hydrogens (tertiary/aromatic N) is 2. The van der Waals surface area contributed by atoms with Crippen LogP contribution in [0.25, 0.3) is 0 Å². The van der Waals surface area contributed by atoms with Crippen LogP contribution >= 0.6 is 0 Å². The molecule has 0 aromatic heterocycles. The van der Waals surface area contributed by atoms with Crippen molar-refractivity contribution >= 4 is 5.96 Å². The normalized spacial score (nSPS) is 36.8. The zero-order valence-electron chi connectivity index (χ0n) is 9.95. The molecule has 0 radical (unpaired) electrons. The fourth-order valence-corrected chi connectivity index (χ4v) is 3.18. The van der Waals surface area contributed by atoms with Crippen molar-refractivity contribution in [2.24, 2.45) is 22.6 Å². The van der Waals surface area contributed by atoms with Crippen LogP contribution in [0.3, 0.4) is 0 Å². The Hall–Kier alpha value is -0.730. The molecular weight excluding hydrogens is 186 g/mol. The molecular formula is C12H23N3. The third-order valence-corrected chi connectivity index (χ3v) is 4.00. The van der Waals surface area contributed by atoms with E-state index in [4.69, 9.17) is 5.73 Å². The van der Waals surface area contributed by atoms with E-state index in [0.29, 0.717) is 6.04 Å². The molecule has 0 aromatic carbocycles. The Labute approximate surface area is 92.7 Å². The topological polar surface area (TPSA) is 41.6 Å². The van der Waals surface area contributed by atoms with Gasteiger partial charge in [-0.1, -0.05) is 19.8 Å². The largest absolute Gasteiger partial charge is 0.370 e. The maximum absolute atomic E-state index is 5.90. The van der Waals surface area contributed by atoms with E-state index < -0.39 is 0 Å². The van der Waals surface area contributed by atoms with E-state index in [1.54, 1.807) is 0 Å². The molecule has 2 N–H and O–H groups in total. The Morgan fingerprint density at radius 1 is 1.47 bits per heavy atom. The maximum Gasteiger partial charge on any atom is 0.191 e. The Balaban J connectivity index is 1.99. The van der Waals surface area contributed by atoms with E-state index >= 15 is 0 Å². The molecule has 1 heterocycles. The van der Waals surface area contributed by atoms with Gasteiger partial charge >= 0.3 is 0 Å². The van der Waals surface area contributed by atoms with Crippen molar-refractivity contribution in [3.05, 3.63) is 0 Å². The summed E-state index contributed by atoms with van der Waals surface area (Å²) in [6.45, 7) is 6.48. The molecule has 0 saturated heterocycles. The molecule has 1 saturated carbocycles. The summed E-state index contributed by atoms with van der Waals surface area (Å²) in [6, 6.07) is 0.595. The van der Waals surface area contributed by atoms with Gasteiger partial charge in [-0.3, -0.25) is 4.99 Å². The van der Waals surface area contributed by atoms with Crippen LogP contribution in [0, 0.1) is 11.8 Å². The van der Waals surface area contributed by atoms with Crippen LogP contribution in [0.15, 0.2) is 4.99 Å². The summed E-state index contributed by atoms with van der Waals surface area (Å²) in [4.78, 5) is 6.68. The highest BCUT2D eigenvalue weighted by Crippen LogP contribution is 2.33. The fourth-order valence-electron chi connectivity index (χ4n) is 3.18. The molecule has 1 aliphatic heterocycles. The summed E-state index contributed by atoms with van der Waals surface area (Å²) in [5, 5.41) is 0. The van der Waals surface area contributed by atoms with Crippen LogP contribution in [0.5, 0.6) is 0 Å².